The van der Waals surface area contributed by atoms with Crippen LogP contribution in [0.4, 0.5) is 13.2 Å². The first kappa shape index (κ1) is 25.0. The summed E-state index contributed by atoms with van der Waals surface area (Å²) in [5, 5.41) is 10.5. The fraction of sp³-hybridized carbons (Fsp3) is 0.0870. The van der Waals surface area contributed by atoms with Crippen LogP contribution in [0.2, 0.25) is 0 Å². The third-order valence-electron chi connectivity index (χ3n) is 4.65. The zero-order chi connectivity index (χ0) is 25.9. The van der Waals surface area contributed by atoms with E-state index in [9.17, 15) is 28.0 Å². The molecule has 8 nitrogen and oxygen atoms in total. The Hall–Kier alpha value is -4.15. The van der Waals surface area contributed by atoms with Crippen molar-refractivity contribution < 1.29 is 22.7 Å². The Labute approximate surface area is 209 Å². The van der Waals surface area contributed by atoms with E-state index in [1.165, 1.54) is 23.5 Å². The molecule has 182 valence electrons. The molecule has 1 amide bonds. The summed E-state index contributed by atoms with van der Waals surface area (Å²) in [4.78, 5) is 36.0. The Bertz CT molecular complexity index is 1510. The lowest BCUT2D eigenvalue weighted by atomic mass is 10.1. The van der Waals surface area contributed by atoms with E-state index in [0.29, 0.717) is 10.7 Å². The molecule has 0 radical (unpaired) electrons. The predicted molar refractivity (Wildman–Crippen MR) is 127 cm³/mol. The highest BCUT2D eigenvalue weighted by atomic mass is 32.2. The highest BCUT2D eigenvalue weighted by Crippen LogP contribution is 2.37. The molecule has 0 saturated carbocycles. The molecule has 4 aromatic rings. The van der Waals surface area contributed by atoms with Gasteiger partial charge in [0.25, 0.3) is 5.56 Å². The van der Waals surface area contributed by atoms with E-state index in [1.54, 1.807) is 11.4 Å². The maximum atomic E-state index is 12.6. The topological polar surface area (TPSA) is 135 Å². The number of benzene rings is 2. The number of nitrogens with two attached hydrogens (primary N) is 1. The van der Waals surface area contributed by atoms with Crippen LogP contribution in [0.15, 0.2) is 69.9 Å². The number of aromatic amines is 1. The molecule has 36 heavy (non-hydrogen) atoms. The molecular formula is C23H14F3N5O3S2. The monoisotopic (exact) mass is 529 g/mol. The van der Waals surface area contributed by atoms with Crippen LogP contribution in [0, 0.1) is 11.3 Å². The summed E-state index contributed by atoms with van der Waals surface area (Å²) in [6, 6.07) is 15.7. The average molecular weight is 530 g/mol. The highest BCUT2D eigenvalue weighted by molar-refractivity contribution is 8.00. The van der Waals surface area contributed by atoms with E-state index >= 15 is 0 Å². The molecule has 0 aliphatic rings. The third kappa shape index (κ3) is 5.73. The molecule has 13 heteroatoms. The number of nitrogens with one attached hydrogen (secondary N) is 1. The second kappa shape index (κ2) is 10.2. The van der Waals surface area contributed by atoms with Crippen molar-refractivity contribution in [3.8, 4) is 34.3 Å². The molecule has 0 saturated heterocycles. The summed E-state index contributed by atoms with van der Waals surface area (Å²) >= 11 is 1.99. The summed E-state index contributed by atoms with van der Waals surface area (Å²) in [5.74, 6) is -1.30. The number of thiazole rings is 1. The van der Waals surface area contributed by atoms with Gasteiger partial charge in [-0.25, -0.2) is 9.97 Å². The van der Waals surface area contributed by atoms with Crippen molar-refractivity contribution in [2.24, 2.45) is 5.73 Å². The maximum absolute atomic E-state index is 12.6. The summed E-state index contributed by atoms with van der Waals surface area (Å²) in [7, 11) is 0. The van der Waals surface area contributed by atoms with Crippen LogP contribution in [-0.2, 0) is 4.79 Å². The van der Waals surface area contributed by atoms with Gasteiger partial charge in [0, 0.05) is 16.5 Å². The predicted octanol–water partition coefficient (Wildman–Crippen LogP) is 4.65. The first-order valence-electron chi connectivity index (χ1n) is 10.0. The number of H-pyrrole nitrogens is 1. The van der Waals surface area contributed by atoms with Gasteiger partial charge >= 0.3 is 6.36 Å². The molecular weight excluding hydrogens is 515 g/mol. The SMILES string of the molecule is N#Cc1c(-c2cccc(OC(F)(F)F)c2)nc(SC(C(N)=O)c2nc(-c3ccccc3)cs2)[nH]c1=O. The van der Waals surface area contributed by atoms with Gasteiger partial charge in [-0.05, 0) is 12.1 Å². The Morgan fingerprint density at radius 2 is 1.86 bits per heavy atom. The number of halogens is 3. The summed E-state index contributed by atoms with van der Waals surface area (Å²) in [6.45, 7) is 0. The Balaban J connectivity index is 1.70. The van der Waals surface area contributed by atoms with Crippen molar-refractivity contribution in [2.75, 3.05) is 0 Å². The lowest BCUT2D eigenvalue weighted by Crippen LogP contribution is -2.21. The molecule has 3 N–H and O–H groups in total. The van der Waals surface area contributed by atoms with Crippen molar-refractivity contribution in [1.29, 1.82) is 5.26 Å². The molecule has 1 unspecified atom stereocenters. The number of ether oxygens (including phenoxy) is 1. The van der Waals surface area contributed by atoms with Crippen LogP contribution in [0.25, 0.3) is 22.5 Å². The van der Waals surface area contributed by atoms with Gasteiger partial charge in [0.15, 0.2) is 5.16 Å². The molecule has 2 heterocycles. The average Bonchev–Trinajstić information content (AvgIpc) is 3.31. The molecule has 0 fully saturated rings. The van der Waals surface area contributed by atoms with Crippen LogP contribution >= 0.6 is 23.1 Å². The van der Waals surface area contributed by atoms with E-state index in [4.69, 9.17) is 5.73 Å². The number of hydrogen-bond acceptors (Lipinski definition) is 8. The fourth-order valence-corrected chi connectivity index (χ4v) is 5.06. The Kier molecular flexibility index (Phi) is 7.09. The molecule has 0 aliphatic carbocycles. The molecule has 0 spiro atoms. The van der Waals surface area contributed by atoms with Gasteiger partial charge in [-0.15, -0.1) is 24.5 Å². The van der Waals surface area contributed by atoms with Gasteiger partial charge < -0.3 is 15.5 Å². The fourth-order valence-electron chi connectivity index (χ4n) is 3.15. The summed E-state index contributed by atoms with van der Waals surface area (Å²) in [5.41, 5.74) is 5.67. The molecule has 1 atom stereocenters. The van der Waals surface area contributed by atoms with Crippen LogP contribution in [0.1, 0.15) is 15.8 Å². The number of primary amides is 1. The smallest absolute Gasteiger partial charge is 0.406 e. The standard InChI is InChI=1S/C23H14F3N5O3S2/c24-23(25,26)34-14-8-4-7-13(9-14)17-15(10-27)20(33)31-22(30-17)36-18(19(28)32)21-29-16(11-35-21)12-5-2-1-3-6-12/h1-9,11,18H,(H2,28,32)(H,30,31,33). The van der Waals surface area contributed by atoms with Gasteiger partial charge in [0.1, 0.15) is 27.6 Å². The molecule has 4 rings (SSSR count). The van der Waals surface area contributed by atoms with E-state index in [1.807, 2.05) is 30.3 Å². The normalized spacial score (nSPS) is 12.1. The van der Waals surface area contributed by atoms with Crippen molar-refractivity contribution in [1.82, 2.24) is 15.0 Å². The van der Waals surface area contributed by atoms with E-state index in [-0.39, 0.29) is 16.4 Å². The Morgan fingerprint density at radius 1 is 1.14 bits per heavy atom. The number of thioether (sulfide) groups is 1. The highest BCUT2D eigenvalue weighted by Gasteiger charge is 2.31. The maximum Gasteiger partial charge on any atom is 0.573 e. The lowest BCUT2D eigenvalue weighted by molar-refractivity contribution is -0.274. The van der Waals surface area contributed by atoms with Gasteiger partial charge in [0.05, 0.1) is 11.4 Å². The van der Waals surface area contributed by atoms with Crippen LogP contribution < -0.4 is 16.0 Å². The van der Waals surface area contributed by atoms with Crippen LogP contribution in [0.3, 0.4) is 0 Å². The minimum atomic E-state index is -4.93. The Morgan fingerprint density at radius 3 is 2.53 bits per heavy atom. The van der Waals surface area contributed by atoms with Gasteiger partial charge in [0.2, 0.25) is 5.91 Å². The largest absolute Gasteiger partial charge is 0.573 e. The van der Waals surface area contributed by atoms with Crippen molar-refractivity contribution in [3.63, 3.8) is 0 Å². The van der Waals surface area contributed by atoms with Gasteiger partial charge in [-0.3, -0.25) is 9.59 Å². The molecule has 0 aliphatic heterocycles. The number of aromatic nitrogens is 3. The molecule has 2 aromatic heterocycles. The van der Waals surface area contributed by atoms with E-state index < -0.39 is 34.4 Å². The van der Waals surface area contributed by atoms with E-state index in [2.05, 4.69) is 19.7 Å². The number of nitriles is 1. The first-order valence-corrected chi connectivity index (χ1v) is 11.8. The zero-order valence-corrected chi connectivity index (χ0v) is 19.6. The van der Waals surface area contributed by atoms with Crippen molar-refractivity contribution in [2.45, 2.75) is 16.8 Å². The second-order valence-corrected chi connectivity index (χ2v) is 9.10. The minimum absolute atomic E-state index is 0.0393. The second-order valence-electron chi connectivity index (χ2n) is 7.12. The van der Waals surface area contributed by atoms with Crippen LogP contribution in [0.5, 0.6) is 5.75 Å². The number of carbonyl (C=O) groups is 1. The number of alkyl halides is 3. The number of amides is 1. The number of hydrogen-bond donors (Lipinski definition) is 2. The number of nitrogens with zero attached hydrogens (tertiary/aromatic N) is 3. The van der Waals surface area contributed by atoms with E-state index in [0.717, 1.165) is 29.5 Å². The number of carbonyl (C=O) groups excluding carboxylic acids is 1. The zero-order valence-electron chi connectivity index (χ0n) is 17.9. The van der Waals surface area contributed by atoms with Crippen LogP contribution in [-0.4, -0.2) is 27.2 Å². The number of rotatable bonds is 7. The molecule has 2 aromatic carbocycles. The lowest BCUT2D eigenvalue weighted by Gasteiger charge is -2.12. The minimum Gasteiger partial charge on any atom is -0.406 e. The molecule has 0 bridgehead atoms. The summed E-state index contributed by atoms with van der Waals surface area (Å²) in [6.07, 6.45) is -4.93. The quantitative estimate of drug-likeness (QED) is 0.263. The van der Waals surface area contributed by atoms with Gasteiger partial charge in [-0.1, -0.05) is 54.2 Å². The van der Waals surface area contributed by atoms with Crippen molar-refractivity contribution >= 4 is 29.0 Å². The van der Waals surface area contributed by atoms with Gasteiger partial charge in [-0.2, -0.15) is 5.26 Å². The third-order valence-corrected chi connectivity index (χ3v) is 6.82. The van der Waals surface area contributed by atoms with Crippen molar-refractivity contribution in [3.05, 3.63) is 80.9 Å². The first-order chi connectivity index (χ1) is 17.1. The summed E-state index contributed by atoms with van der Waals surface area (Å²) < 4.78 is 41.8.